The van der Waals surface area contributed by atoms with Crippen molar-refractivity contribution in [3.63, 3.8) is 0 Å². The quantitative estimate of drug-likeness (QED) is 0.437. The van der Waals surface area contributed by atoms with E-state index in [4.69, 9.17) is 4.98 Å². The summed E-state index contributed by atoms with van der Waals surface area (Å²) in [5.74, 6) is 0. The Kier molecular flexibility index (Phi) is 3.76. The molecule has 0 saturated carbocycles. The third kappa shape index (κ3) is 2.79. The van der Waals surface area contributed by atoms with E-state index in [1.165, 1.54) is 0 Å². The van der Waals surface area contributed by atoms with Crippen LogP contribution in [0, 0.1) is 0 Å². The lowest BCUT2D eigenvalue weighted by molar-refractivity contribution is 1.29. The molecule has 0 aliphatic heterocycles. The average Bonchev–Trinajstić information content (AvgIpc) is 3.28. The first-order valence-corrected chi connectivity index (χ1v) is 8.94. The highest BCUT2D eigenvalue weighted by Gasteiger charge is 2.14. The van der Waals surface area contributed by atoms with Crippen molar-refractivity contribution in [1.82, 2.24) is 15.0 Å². The van der Waals surface area contributed by atoms with Gasteiger partial charge in [0.05, 0.1) is 22.6 Å². The third-order valence-electron chi connectivity index (χ3n) is 4.73. The largest absolute Gasteiger partial charge is 0.360 e. The molecule has 128 valence electrons. The molecule has 0 aliphatic rings. The molecule has 3 aromatic heterocycles. The van der Waals surface area contributed by atoms with Gasteiger partial charge in [0.25, 0.3) is 0 Å². The van der Waals surface area contributed by atoms with Crippen LogP contribution in [0.1, 0.15) is 0 Å². The zero-order valence-electron chi connectivity index (χ0n) is 14.6. The first kappa shape index (κ1) is 15.5. The van der Waals surface area contributed by atoms with E-state index < -0.39 is 0 Å². The third-order valence-corrected chi connectivity index (χ3v) is 4.73. The Morgan fingerprint density at radius 2 is 1.41 bits per heavy atom. The van der Waals surface area contributed by atoms with Gasteiger partial charge in [-0.2, -0.15) is 0 Å². The van der Waals surface area contributed by atoms with E-state index in [2.05, 4.69) is 52.4 Å². The van der Waals surface area contributed by atoms with Gasteiger partial charge >= 0.3 is 0 Å². The summed E-state index contributed by atoms with van der Waals surface area (Å²) in [5.41, 5.74) is 7.19. The van der Waals surface area contributed by atoms with Crippen LogP contribution < -0.4 is 0 Å². The van der Waals surface area contributed by atoms with Crippen LogP contribution in [0.5, 0.6) is 0 Å². The summed E-state index contributed by atoms with van der Waals surface area (Å²) < 4.78 is 0. The highest BCUT2D eigenvalue weighted by Crippen LogP contribution is 2.35. The van der Waals surface area contributed by atoms with Gasteiger partial charge in [-0.1, -0.05) is 60.7 Å². The Morgan fingerprint density at radius 3 is 2.11 bits per heavy atom. The summed E-state index contributed by atoms with van der Waals surface area (Å²) in [7, 11) is 0. The SMILES string of the molecule is c1ccc(-c2cc3c(-c4ccc[nH]4)nccc3nc2-c2ccccc2)cc1. The second-order valence-corrected chi connectivity index (χ2v) is 6.43. The van der Waals surface area contributed by atoms with Crippen molar-refractivity contribution in [2.75, 3.05) is 0 Å². The molecule has 2 aromatic carbocycles. The summed E-state index contributed by atoms with van der Waals surface area (Å²) in [6.07, 6.45) is 3.74. The van der Waals surface area contributed by atoms with Gasteiger partial charge in [0.1, 0.15) is 0 Å². The minimum absolute atomic E-state index is 0.918. The lowest BCUT2D eigenvalue weighted by Crippen LogP contribution is -1.94. The maximum Gasteiger partial charge on any atom is 0.0958 e. The number of aromatic nitrogens is 3. The number of hydrogen-bond donors (Lipinski definition) is 1. The van der Waals surface area contributed by atoms with Crippen molar-refractivity contribution >= 4 is 10.9 Å². The van der Waals surface area contributed by atoms with Crippen molar-refractivity contribution in [2.45, 2.75) is 0 Å². The van der Waals surface area contributed by atoms with E-state index in [1.807, 2.05) is 54.9 Å². The van der Waals surface area contributed by atoms with Crippen LogP contribution in [0.15, 0.2) is 97.3 Å². The first-order valence-electron chi connectivity index (χ1n) is 8.94. The average molecular weight is 347 g/mol. The van der Waals surface area contributed by atoms with E-state index in [0.29, 0.717) is 0 Å². The molecule has 3 nitrogen and oxygen atoms in total. The van der Waals surface area contributed by atoms with Gasteiger partial charge in [0, 0.05) is 28.9 Å². The monoisotopic (exact) mass is 347 g/mol. The lowest BCUT2D eigenvalue weighted by atomic mass is 9.97. The van der Waals surface area contributed by atoms with Crippen molar-refractivity contribution in [2.24, 2.45) is 0 Å². The Labute approximate surface area is 157 Å². The number of rotatable bonds is 3. The number of hydrogen-bond acceptors (Lipinski definition) is 2. The molecule has 0 atom stereocenters. The molecular formula is C24H17N3. The van der Waals surface area contributed by atoms with Gasteiger partial charge in [-0.15, -0.1) is 0 Å². The number of nitrogens with zero attached hydrogens (tertiary/aromatic N) is 2. The maximum absolute atomic E-state index is 5.04. The molecule has 0 saturated heterocycles. The molecule has 0 bridgehead atoms. The van der Waals surface area contributed by atoms with Crippen LogP contribution in [0.2, 0.25) is 0 Å². The number of benzene rings is 2. The van der Waals surface area contributed by atoms with Gasteiger partial charge in [0.15, 0.2) is 0 Å². The highest BCUT2D eigenvalue weighted by atomic mass is 14.8. The summed E-state index contributed by atoms with van der Waals surface area (Å²) in [4.78, 5) is 12.9. The predicted octanol–water partition coefficient (Wildman–Crippen LogP) is 5.96. The molecule has 0 amide bonds. The molecule has 3 heterocycles. The number of H-pyrrole nitrogens is 1. The molecule has 0 unspecified atom stereocenters. The molecule has 0 spiro atoms. The number of pyridine rings is 2. The van der Waals surface area contributed by atoms with Gasteiger partial charge in [0.2, 0.25) is 0 Å². The fraction of sp³-hybridized carbons (Fsp3) is 0. The number of aromatic amines is 1. The lowest BCUT2D eigenvalue weighted by Gasteiger charge is -2.13. The van der Waals surface area contributed by atoms with E-state index in [9.17, 15) is 0 Å². The van der Waals surface area contributed by atoms with Crippen LogP contribution in [-0.2, 0) is 0 Å². The zero-order valence-corrected chi connectivity index (χ0v) is 14.6. The van der Waals surface area contributed by atoms with Crippen molar-refractivity contribution in [3.8, 4) is 33.8 Å². The minimum Gasteiger partial charge on any atom is -0.360 e. The van der Waals surface area contributed by atoms with Gasteiger partial charge in [-0.25, -0.2) is 4.98 Å². The van der Waals surface area contributed by atoms with Crippen molar-refractivity contribution < 1.29 is 0 Å². The van der Waals surface area contributed by atoms with Crippen LogP contribution in [0.4, 0.5) is 0 Å². The molecule has 1 N–H and O–H groups in total. The van der Waals surface area contributed by atoms with E-state index in [1.54, 1.807) is 0 Å². The Morgan fingerprint density at radius 1 is 0.667 bits per heavy atom. The van der Waals surface area contributed by atoms with Gasteiger partial charge < -0.3 is 4.98 Å². The summed E-state index contributed by atoms with van der Waals surface area (Å²) >= 11 is 0. The summed E-state index contributed by atoms with van der Waals surface area (Å²) in [5, 5.41) is 1.04. The van der Waals surface area contributed by atoms with Crippen molar-refractivity contribution in [3.05, 3.63) is 97.3 Å². The molecule has 5 aromatic rings. The van der Waals surface area contributed by atoms with Crippen LogP contribution in [0.25, 0.3) is 44.7 Å². The standard InChI is InChI=1S/C24H17N3/c1-3-8-17(9-4-1)19-16-20-21(27-23(19)18-10-5-2-6-11-18)13-15-26-24(20)22-12-7-14-25-22/h1-16,25H. The van der Waals surface area contributed by atoms with Crippen LogP contribution in [0.3, 0.4) is 0 Å². The molecule has 0 radical (unpaired) electrons. The Hall–Kier alpha value is -3.72. The smallest absolute Gasteiger partial charge is 0.0958 e. The molecule has 27 heavy (non-hydrogen) atoms. The van der Waals surface area contributed by atoms with Crippen molar-refractivity contribution in [1.29, 1.82) is 0 Å². The fourth-order valence-corrected chi connectivity index (χ4v) is 3.44. The number of nitrogens with one attached hydrogen (secondary N) is 1. The molecular weight excluding hydrogens is 330 g/mol. The first-order chi connectivity index (χ1) is 13.4. The summed E-state index contributed by atoms with van der Waals surface area (Å²) in [6, 6.07) is 28.9. The zero-order chi connectivity index (χ0) is 18.1. The normalized spacial score (nSPS) is 11.0. The second-order valence-electron chi connectivity index (χ2n) is 6.43. The van der Waals surface area contributed by atoms with Crippen LogP contribution >= 0.6 is 0 Å². The number of fused-ring (bicyclic) bond motifs is 1. The molecule has 0 fully saturated rings. The topological polar surface area (TPSA) is 41.6 Å². The highest BCUT2D eigenvalue weighted by molar-refractivity contribution is 5.97. The molecule has 3 heteroatoms. The van der Waals surface area contributed by atoms with Crippen LogP contribution in [-0.4, -0.2) is 15.0 Å². The minimum atomic E-state index is 0.918. The van der Waals surface area contributed by atoms with Gasteiger partial charge in [-0.3, -0.25) is 4.98 Å². The Balaban J connectivity index is 1.84. The van der Waals surface area contributed by atoms with E-state index >= 15 is 0 Å². The maximum atomic E-state index is 5.04. The molecule has 0 aliphatic carbocycles. The van der Waals surface area contributed by atoms with Gasteiger partial charge in [-0.05, 0) is 29.8 Å². The predicted molar refractivity (Wildman–Crippen MR) is 110 cm³/mol. The van der Waals surface area contributed by atoms with E-state index in [-0.39, 0.29) is 0 Å². The summed E-state index contributed by atoms with van der Waals surface area (Å²) in [6.45, 7) is 0. The fourth-order valence-electron chi connectivity index (χ4n) is 3.44. The molecule has 5 rings (SSSR count). The Bertz CT molecular complexity index is 1190. The van der Waals surface area contributed by atoms with E-state index in [0.717, 1.165) is 44.7 Å². The second kappa shape index (κ2) is 6.54.